The zero-order chi connectivity index (χ0) is 14.1. The van der Waals surface area contributed by atoms with Gasteiger partial charge in [0.1, 0.15) is 5.38 Å². The zero-order valence-electron chi connectivity index (χ0n) is 11.9. The van der Waals surface area contributed by atoms with E-state index in [-0.39, 0.29) is 5.91 Å². The number of carbonyl (C=O) groups excluding carboxylic acids is 1. The van der Waals surface area contributed by atoms with E-state index in [1.807, 2.05) is 16.2 Å². The number of carbonyl (C=O) groups is 1. The fourth-order valence-corrected chi connectivity index (χ4v) is 4.59. The van der Waals surface area contributed by atoms with E-state index in [9.17, 15) is 4.79 Å². The molecule has 2 heterocycles. The number of fused-ring (bicyclic) bond motifs is 1. The van der Waals surface area contributed by atoms with Crippen LogP contribution in [0.15, 0.2) is 0 Å². The Morgan fingerprint density at radius 1 is 1.40 bits per heavy atom. The molecule has 2 aliphatic rings. The van der Waals surface area contributed by atoms with E-state index >= 15 is 0 Å². The predicted molar refractivity (Wildman–Crippen MR) is 82.6 cm³/mol. The van der Waals surface area contributed by atoms with Crippen molar-refractivity contribution < 1.29 is 4.79 Å². The molecule has 1 aromatic heterocycles. The van der Waals surface area contributed by atoms with Crippen LogP contribution in [-0.4, -0.2) is 34.3 Å². The van der Waals surface area contributed by atoms with E-state index in [0.29, 0.717) is 5.92 Å². The fraction of sp³-hybridized carbons (Fsp3) is 0.733. The van der Waals surface area contributed by atoms with Crippen molar-refractivity contribution in [2.45, 2.75) is 56.7 Å². The first-order valence-corrected chi connectivity index (χ1v) is 8.82. The lowest BCUT2D eigenvalue weighted by Gasteiger charge is -2.32. The van der Waals surface area contributed by atoms with Gasteiger partial charge in [0, 0.05) is 23.9 Å². The van der Waals surface area contributed by atoms with Crippen LogP contribution in [0.2, 0.25) is 0 Å². The van der Waals surface area contributed by atoms with Gasteiger partial charge in [0.2, 0.25) is 5.91 Å². The number of halogens is 1. The number of aryl methyl sites for hydroxylation is 2. The molecular formula is C15H21ClN2OS. The number of hydrogen-bond acceptors (Lipinski definition) is 3. The lowest BCUT2D eigenvalue weighted by atomic mass is 9.98. The highest BCUT2D eigenvalue weighted by atomic mass is 35.5. The average Bonchev–Trinajstić information content (AvgIpc) is 2.90. The second-order valence-electron chi connectivity index (χ2n) is 5.87. The number of piperidine rings is 1. The van der Waals surface area contributed by atoms with Crippen molar-refractivity contribution in [3.05, 3.63) is 15.6 Å². The van der Waals surface area contributed by atoms with Crippen LogP contribution in [0.1, 0.15) is 54.1 Å². The van der Waals surface area contributed by atoms with E-state index in [1.165, 1.54) is 34.8 Å². The third-order valence-electron chi connectivity index (χ3n) is 4.28. The minimum atomic E-state index is -0.418. The topological polar surface area (TPSA) is 33.2 Å². The van der Waals surface area contributed by atoms with Crippen molar-refractivity contribution in [2.75, 3.05) is 13.1 Å². The monoisotopic (exact) mass is 312 g/mol. The molecule has 0 bridgehead atoms. The molecule has 1 saturated heterocycles. The van der Waals surface area contributed by atoms with Crippen LogP contribution in [0.5, 0.6) is 0 Å². The number of amides is 1. The maximum absolute atomic E-state index is 12.0. The third-order valence-corrected chi connectivity index (χ3v) is 5.79. The Bertz CT molecular complexity index is 477. The summed E-state index contributed by atoms with van der Waals surface area (Å²) >= 11 is 7.82. The minimum Gasteiger partial charge on any atom is -0.341 e. The van der Waals surface area contributed by atoms with E-state index in [1.54, 1.807) is 6.92 Å². The molecule has 0 spiro atoms. The van der Waals surface area contributed by atoms with Gasteiger partial charge >= 0.3 is 0 Å². The fourth-order valence-electron chi connectivity index (χ4n) is 3.18. The standard InChI is InChI=1S/C15H21ClN2OS/c1-10(16)15(19)18-8-4-5-11(9-18)14-17-12-6-2-3-7-13(12)20-14/h10-11H,2-9H2,1H3. The van der Waals surface area contributed by atoms with Gasteiger partial charge in [-0.1, -0.05) is 0 Å². The van der Waals surface area contributed by atoms with E-state index in [2.05, 4.69) is 0 Å². The second-order valence-corrected chi connectivity index (χ2v) is 7.64. The predicted octanol–water partition coefficient (Wildman–Crippen LogP) is 3.36. The molecule has 0 radical (unpaired) electrons. The molecule has 5 heteroatoms. The van der Waals surface area contributed by atoms with Crippen LogP contribution in [0.4, 0.5) is 0 Å². The smallest absolute Gasteiger partial charge is 0.240 e. The first-order valence-electron chi connectivity index (χ1n) is 7.56. The van der Waals surface area contributed by atoms with E-state index in [4.69, 9.17) is 16.6 Å². The highest BCUT2D eigenvalue weighted by Crippen LogP contribution is 2.34. The maximum atomic E-state index is 12.0. The van der Waals surface area contributed by atoms with Gasteiger partial charge in [-0.05, 0) is 45.4 Å². The molecular weight excluding hydrogens is 292 g/mol. The zero-order valence-corrected chi connectivity index (χ0v) is 13.5. The van der Waals surface area contributed by atoms with Crippen molar-refractivity contribution in [1.29, 1.82) is 0 Å². The summed E-state index contributed by atoms with van der Waals surface area (Å²) < 4.78 is 0. The quantitative estimate of drug-likeness (QED) is 0.785. The van der Waals surface area contributed by atoms with Crippen LogP contribution < -0.4 is 0 Å². The molecule has 0 saturated carbocycles. The minimum absolute atomic E-state index is 0.0673. The Labute approximate surface area is 129 Å². The number of alkyl halides is 1. The van der Waals surface area contributed by atoms with Crippen LogP contribution in [0.25, 0.3) is 0 Å². The van der Waals surface area contributed by atoms with Gasteiger partial charge in [0.15, 0.2) is 0 Å². The molecule has 20 heavy (non-hydrogen) atoms. The summed E-state index contributed by atoms with van der Waals surface area (Å²) in [6.45, 7) is 3.40. The van der Waals surface area contributed by atoms with Gasteiger partial charge in [-0.2, -0.15) is 0 Å². The number of aromatic nitrogens is 1. The van der Waals surface area contributed by atoms with Crippen molar-refractivity contribution in [2.24, 2.45) is 0 Å². The van der Waals surface area contributed by atoms with Crippen molar-refractivity contribution in [3.8, 4) is 0 Å². The summed E-state index contributed by atoms with van der Waals surface area (Å²) in [5, 5.41) is 0.829. The van der Waals surface area contributed by atoms with Gasteiger partial charge in [-0.3, -0.25) is 4.79 Å². The SMILES string of the molecule is CC(Cl)C(=O)N1CCCC(c2nc3c(s2)CCCC3)C1. The molecule has 3 rings (SSSR count). The average molecular weight is 313 g/mol. The third kappa shape index (κ3) is 2.86. The Morgan fingerprint density at radius 2 is 2.20 bits per heavy atom. The normalized spacial score (nSPS) is 24.3. The van der Waals surface area contributed by atoms with E-state index < -0.39 is 5.38 Å². The Morgan fingerprint density at radius 3 is 2.95 bits per heavy atom. The molecule has 2 atom stereocenters. The highest BCUT2D eigenvalue weighted by Gasteiger charge is 2.29. The molecule has 1 aliphatic carbocycles. The molecule has 0 aromatic carbocycles. The van der Waals surface area contributed by atoms with Gasteiger partial charge in [-0.25, -0.2) is 4.98 Å². The number of nitrogens with zero attached hydrogens (tertiary/aromatic N) is 2. The number of thiazole rings is 1. The van der Waals surface area contributed by atoms with Crippen LogP contribution in [0, 0.1) is 0 Å². The maximum Gasteiger partial charge on any atom is 0.240 e. The summed E-state index contributed by atoms with van der Waals surface area (Å²) in [5.41, 5.74) is 1.32. The molecule has 1 amide bonds. The summed E-state index contributed by atoms with van der Waals surface area (Å²) in [4.78, 5) is 20.3. The van der Waals surface area contributed by atoms with Gasteiger partial charge in [0.05, 0.1) is 10.7 Å². The number of hydrogen-bond donors (Lipinski definition) is 0. The van der Waals surface area contributed by atoms with Crippen molar-refractivity contribution in [1.82, 2.24) is 9.88 Å². The van der Waals surface area contributed by atoms with Crippen LogP contribution in [0.3, 0.4) is 0 Å². The van der Waals surface area contributed by atoms with E-state index in [0.717, 1.165) is 32.4 Å². The van der Waals surface area contributed by atoms with Crippen LogP contribution in [-0.2, 0) is 17.6 Å². The van der Waals surface area contributed by atoms with Gasteiger partial charge in [0.25, 0.3) is 0 Å². The lowest BCUT2D eigenvalue weighted by molar-refractivity contribution is -0.131. The number of likely N-dealkylation sites (tertiary alicyclic amines) is 1. The first kappa shape index (κ1) is 14.3. The molecule has 1 aliphatic heterocycles. The molecule has 1 aromatic rings. The Balaban J connectivity index is 1.73. The Kier molecular flexibility index (Phi) is 4.32. The molecule has 110 valence electrons. The number of rotatable bonds is 2. The molecule has 2 unspecified atom stereocenters. The van der Waals surface area contributed by atoms with Crippen molar-refractivity contribution in [3.63, 3.8) is 0 Å². The Hall–Kier alpha value is -0.610. The van der Waals surface area contributed by atoms with Gasteiger partial charge < -0.3 is 4.90 Å². The second kappa shape index (κ2) is 6.02. The molecule has 3 nitrogen and oxygen atoms in total. The molecule has 0 N–H and O–H groups in total. The highest BCUT2D eigenvalue weighted by molar-refractivity contribution is 7.11. The molecule has 1 fully saturated rings. The van der Waals surface area contributed by atoms with Crippen LogP contribution >= 0.6 is 22.9 Å². The summed E-state index contributed by atoms with van der Waals surface area (Å²) in [6, 6.07) is 0. The summed E-state index contributed by atoms with van der Waals surface area (Å²) in [6.07, 6.45) is 7.11. The summed E-state index contributed by atoms with van der Waals surface area (Å²) in [7, 11) is 0. The summed E-state index contributed by atoms with van der Waals surface area (Å²) in [5.74, 6) is 0.483. The lowest BCUT2D eigenvalue weighted by Crippen LogP contribution is -2.42. The van der Waals surface area contributed by atoms with Crippen molar-refractivity contribution >= 4 is 28.8 Å². The van der Waals surface area contributed by atoms with Gasteiger partial charge in [-0.15, -0.1) is 22.9 Å². The largest absolute Gasteiger partial charge is 0.341 e. The first-order chi connectivity index (χ1) is 9.65.